The predicted molar refractivity (Wildman–Crippen MR) is 123 cm³/mol. The molecule has 3 aromatic carbocycles. The van der Waals surface area contributed by atoms with Crippen molar-refractivity contribution in [3.05, 3.63) is 100 Å². The topological polar surface area (TPSA) is 66.8 Å². The number of ether oxygens (including phenoxy) is 1. The van der Waals surface area contributed by atoms with Gasteiger partial charge in [-0.05, 0) is 48.9 Å². The van der Waals surface area contributed by atoms with E-state index in [4.69, 9.17) is 4.74 Å². The number of rotatable bonds is 5. The summed E-state index contributed by atoms with van der Waals surface area (Å²) in [5.41, 5.74) is 1.81. The van der Waals surface area contributed by atoms with E-state index in [1.807, 2.05) is 37.3 Å². The van der Waals surface area contributed by atoms with Gasteiger partial charge in [-0.1, -0.05) is 58.4 Å². The van der Waals surface area contributed by atoms with E-state index in [9.17, 15) is 14.7 Å². The van der Waals surface area contributed by atoms with Crippen LogP contribution in [-0.4, -0.2) is 23.4 Å². The summed E-state index contributed by atoms with van der Waals surface area (Å²) in [6.07, 6.45) is 0. The van der Waals surface area contributed by atoms with Crippen LogP contribution in [0.3, 0.4) is 0 Å². The molecule has 1 heterocycles. The first-order valence-electron chi connectivity index (χ1n) is 9.86. The van der Waals surface area contributed by atoms with Gasteiger partial charge in [-0.15, -0.1) is 0 Å². The lowest BCUT2D eigenvalue weighted by molar-refractivity contribution is -0.132. The van der Waals surface area contributed by atoms with Crippen molar-refractivity contribution in [3.8, 4) is 5.75 Å². The fraction of sp³-hybridized carbons (Fsp3) is 0.120. The summed E-state index contributed by atoms with van der Waals surface area (Å²) in [5, 5.41) is 11.0. The Morgan fingerprint density at radius 2 is 1.61 bits per heavy atom. The lowest BCUT2D eigenvalue weighted by Gasteiger charge is -2.25. The Morgan fingerprint density at radius 3 is 2.23 bits per heavy atom. The number of hydrogen-bond donors (Lipinski definition) is 1. The van der Waals surface area contributed by atoms with Crippen LogP contribution in [0.15, 0.2) is 88.9 Å². The van der Waals surface area contributed by atoms with Crippen molar-refractivity contribution in [2.45, 2.75) is 13.0 Å². The van der Waals surface area contributed by atoms with Crippen LogP contribution in [0.25, 0.3) is 5.76 Å². The maximum absolute atomic E-state index is 13.1. The summed E-state index contributed by atoms with van der Waals surface area (Å²) in [6.45, 7) is 2.42. The summed E-state index contributed by atoms with van der Waals surface area (Å²) in [6, 6.07) is 22.4. The van der Waals surface area contributed by atoms with E-state index >= 15 is 0 Å². The minimum atomic E-state index is -0.758. The third-order valence-electron chi connectivity index (χ3n) is 5.10. The van der Waals surface area contributed by atoms with Crippen LogP contribution in [0.4, 0.5) is 5.69 Å². The Hall–Kier alpha value is -3.38. The molecule has 1 fully saturated rings. The van der Waals surface area contributed by atoms with Crippen molar-refractivity contribution in [1.82, 2.24) is 0 Å². The highest BCUT2D eigenvalue weighted by molar-refractivity contribution is 9.10. The van der Waals surface area contributed by atoms with Crippen LogP contribution >= 0.6 is 15.9 Å². The molecule has 1 aliphatic heterocycles. The Kier molecular flexibility index (Phi) is 5.91. The monoisotopic (exact) mass is 477 g/mol. The van der Waals surface area contributed by atoms with Crippen molar-refractivity contribution in [2.75, 3.05) is 11.5 Å². The second-order valence-corrected chi connectivity index (χ2v) is 7.93. The van der Waals surface area contributed by atoms with Gasteiger partial charge in [0.05, 0.1) is 18.2 Å². The number of ketones is 1. The number of hydrogen-bond acceptors (Lipinski definition) is 4. The molecule has 0 spiro atoms. The zero-order valence-corrected chi connectivity index (χ0v) is 18.4. The van der Waals surface area contributed by atoms with Gasteiger partial charge in [0.15, 0.2) is 0 Å². The summed E-state index contributed by atoms with van der Waals surface area (Å²) in [7, 11) is 0. The second-order valence-electron chi connectivity index (χ2n) is 7.01. The minimum absolute atomic E-state index is 0.0624. The number of aliphatic hydroxyl groups is 1. The van der Waals surface area contributed by atoms with E-state index in [1.165, 1.54) is 4.90 Å². The van der Waals surface area contributed by atoms with Crippen LogP contribution in [-0.2, 0) is 9.59 Å². The van der Waals surface area contributed by atoms with Gasteiger partial charge in [0.25, 0.3) is 11.7 Å². The van der Waals surface area contributed by atoms with Gasteiger partial charge in [0.2, 0.25) is 0 Å². The highest BCUT2D eigenvalue weighted by Gasteiger charge is 2.46. The number of halogens is 1. The van der Waals surface area contributed by atoms with Crippen molar-refractivity contribution in [1.29, 1.82) is 0 Å². The van der Waals surface area contributed by atoms with Gasteiger partial charge >= 0.3 is 0 Å². The first-order chi connectivity index (χ1) is 15.0. The molecule has 0 aliphatic carbocycles. The fourth-order valence-electron chi connectivity index (χ4n) is 3.68. The molecule has 0 saturated carbocycles. The normalized spacial score (nSPS) is 17.7. The van der Waals surface area contributed by atoms with Crippen molar-refractivity contribution in [3.63, 3.8) is 0 Å². The lowest BCUT2D eigenvalue weighted by Crippen LogP contribution is -2.29. The van der Waals surface area contributed by atoms with E-state index in [0.717, 1.165) is 4.47 Å². The van der Waals surface area contributed by atoms with E-state index in [0.29, 0.717) is 29.2 Å². The second kappa shape index (κ2) is 8.78. The average molecular weight is 478 g/mol. The predicted octanol–water partition coefficient (Wildman–Crippen LogP) is 5.47. The quantitative estimate of drug-likeness (QED) is 0.300. The van der Waals surface area contributed by atoms with Crippen LogP contribution in [0.5, 0.6) is 5.75 Å². The van der Waals surface area contributed by atoms with E-state index in [1.54, 1.807) is 48.5 Å². The Morgan fingerprint density at radius 1 is 0.968 bits per heavy atom. The van der Waals surface area contributed by atoms with Crippen molar-refractivity contribution in [2.24, 2.45) is 0 Å². The van der Waals surface area contributed by atoms with Gasteiger partial charge in [0.1, 0.15) is 11.5 Å². The van der Waals surface area contributed by atoms with Gasteiger partial charge < -0.3 is 9.84 Å². The highest BCUT2D eigenvalue weighted by Crippen LogP contribution is 2.42. The largest absolute Gasteiger partial charge is 0.507 e. The van der Waals surface area contributed by atoms with Crippen LogP contribution in [0.2, 0.25) is 0 Å². The Labute approximate surface area is 188 Å². The molecule has 31 heavy (non-hydrogen) atoms. The van der Waals surface area contributed by atoms with E-state index in [-0.39, 0.29) is 11.3 Å². The molecular weight excluding hydrogens is 458 g/mol. The molecule has 1 amide bonds. The molecule has 4 rings (SSSR count). The molecule has 1 atom stereocenters. The van der Waals surface area contributed by atoms with Gasteiger partial charge in [0, 0.05) is 15.7 Å². The first-order valence-corrected chi connectivity index (χ1v) is 10.6. The van der Waals surface area contributed by atoms with Gasteiger partial charge in [-0.3, -0.25) is 14.5 Å². The number of carbonyl (C=O) groups is 2. The number of Topliss-reactive ketones (excluding diaryl/α,β-unsaturated/α-hetero) is 1. The molecule has 1 unspecified atom stereocenters. The summed E-state index contributed by atoms with van der Waals surface area (Å²) in [5.74, 6) is -0.926. The summed E-state index contributed by atoms with van der Waals surface area (Å²) >= 11 is 3.42. The smallest absolute Gasteiger partial charge is 0.300 e. The molecule has 3 aromatic rings. The maximum Gasteiger partial charge on any atom is 0.300 e. The fourth-order valence-corrected chi connectivity index (χ4v) is 3.94. The minimum Gasteiger partial charge on any atom is -0.507 e. The van der Waals surface area contributed by atoms with Crippen LogP contribution in [0.1, 0.15) is 24.1 Å². The molecule has 6 heteroatoms. The van der Waals surface area contributed by atoms with Crippen LogP contribution < -0.4 is 9.64 Å². The van der Waals surface area contributed by atoms with E-state index < -0.39 is 17.7 Å². The molecule has 0 bridgehead atoms. The number of benzene rings is 3. The van der Waals surface area contributed by atoms with Crippen molar-refractivity contribution >= 4 is 39.1 Å². The lowest BCUT2D eigenvalue weighted by atomic mass is 9.95. The highest BCUT2D eigenvalue weighted by atomic mass is 79.9. The third-order valence-corrected chi connectivity index (χ3v) is 5.63. The Bertz CT molecular complexity index is 1140. The molecule has 0 aromatic heterocycles. The SMILES string of the molecule is CCOc1ccc(N2C(=O)C(=O)/C(=C(\O)c3ccccc3)C2c2ccc(Br)cc2)cc1. The third kappa shape index (κ3) is 3.99. The molecule has 1 N–H and O–H groups in total. The first kappa shape index (κ1) is 20.9. The summed E-state index contributed by atoms with van der Waals surface area (Å²) < 4.78 is 6.36. The number of amides is 1. The van der Waals surface area contributed by atoms with E-state index in [2.05, 4.69) is 15.9 Å². The Balaban J connectivity index is 1.88. The number of nitrogens with zero attached hydrogens (tertiary/aromatic N) is 1. The van der Waals surface area contributed by atoms with Gasteiger partial charge in [-0.2, -0.15) is 0 Å². The zero-order valence-electron chi connectivity index (χ0n) is 16.8. The molecular formula is C25H20BrNO4. The summed E-state index contributed by atoms with van der Waals surface area (Å²) in [4.78, 5) is 27.6. The van der Waals surface area contributed by atoms with Crippen molar-refractivity contribution < 1.29 is 19.4 Å². The number of anilines is 1. The molecule has 1 saturated heterocycles. The maximum atomic E-state index is 13.1. The average Bonchev–Trinajstić information content (AvgIpc) is 3.06. The van der Waals surface area contributed by atoms with Crippen LogP contribution in [0, 0.1) is 0 Å². The molecule has 0 radical (unpaired) electrons. The molecule has 156 valence electrons. The number of carbonyl (C=O) groups excluding carboxylic acids is 2. The molecule has 5 nitrogen and oxygen atoms in total. The molecule has 1 aliphatic rings. The van der Waals surface area contributed by atoms with Gasteiger partial charge in [-0.25, -0.2) is 0 Å². The standard InChI is InChI=1S/C25H20BrNO4/c1-2-31-20-14-12-19(13-15-20)27-22(16-8-10-18(26)11-9-16)21(24(29)25(27)30)23(28)17-6-4-3-5-7-17/h3-15,22,28H,2H2,1H3/b23-21-. The number of aliphatic hydroxyl groups excluding tert-OH is 1. The zero-order chi connectivity index (χ0) is 22.0.